The number of benzene rings is 2. The van der Waals surface area contributed by atoms with Gasteiger partial charge >= 0.3 is 0 Å². The second-order valence-corrected chi connectivity index (χ2v) is 6.80. The minimum atomic E-state index is -0.206. The number of hydrogen-bond acceptors (Lipinski definition) is 3. The topological polar surface area (TPSA) is 42.7 Å². The van der Waals surface area contributed by atoms with Gasteiger partial charge in [-0.05, 0) is 52.8 Å². The standard InChI is InChI=1S/C17H14FIN4/c18-14-4-2-1-3-13(14)16-9-15(11-5-7-12(19)8-6-11)22-17-20-10-21-23(16)17/h1-8,10,15-16H,9H2,(H,20,21,22). The van der Waals surface area contributed by atoms with Crippen LogP contribution >= 0.6 is 22.6 Å². The Labute approximate surface area is 146 Å². The average molecular weight is 420 g/mol. The molecular weight excluding hydrogens is 406 g/mol. The molecule has 1 N–H and O–H groups in total. The van der Waals surface area contributed by atoms with Crippen molar-refractivity contribution in [2.45, 2.75) is 18.5 Å². The van der Waals surface area contributed by atoms with E-state index in [4.69, 9.17) is 0 Å². The molecule has 0 radical (unpaired) electrons. The average Bonchev–Trinajstić information content (AvgIpc) is 3.04. The van der Waals surface area contributed by atoms with E-state index in [0.717, 1.165) is 6.42 Å². The van der Waals surface area contributed by atoms with Crippen molar-refractivity contribution in [3.63, 3.8) is 0 Å². The van der Waals surface area contributed by atoms with Gasteiger partial charge < -0.3 is 5.32 Å². The van der Waals surface area contributed by atoms with Crippen molar-refractivity contribution in [3.05, 3.63) is 75.4 Å². The molecule has 0 saturated carbocycles. The summed E-state index contributed by atoms with van der Waals surface area (Å²) in [4.78, 5) is 4.27. The van der Waals surface area contributed by atoms with E-state index in [9.17, 15) is 4.39 Å². The summed E-state index contributed by atoms with van der Waals surface area (Å²) in [6.45, 7) is 0. The fraction of sp³-hybridized carbons (Fsp3) is 0.176. The van der Waals surface area contributed by atoms with E-state index in [1.54, 1.807) is 10.7 Å². The molecule has 2 atom stereocenters. The summed E-state index contributed by atoms with van der Waals surface area (Å²) in [5.74, 6) is 0.468. The molecule has 1 aliphatic heterocycles. The van der Waals surface area contributed by atoms with Crippen molar-refractivity contribution in [2.75, 3.05) is 5.32 Å². The molecule has 3 aromatic rings. The Morgan fingerprint density at radius 2 is 1.91 bits per heavy atom. The van der Waals surface area contributed by atoms with Crippen LogP contribution in [0, 0.1) is 9.39 Å². The summed E-state index contributed by atoms with van der Waals surface area (Å²) in [5.41, 5.74) is 1.82. The molecule has 2 aromatic carbocycles. The van der Waals surface area contributed by atoms with Gasteiger partial charge in [0.25, 0.3) is 0 Å². The van der Waals surface area contributed by atoms with Crippen LogP contribution in [0.2, 0.25) is 0 Å². The van der Waals surface area contributed by atoms with Crippen LogP contribution in [0.1, 0.15) is 29.6 Å². The van der Waals surface area contributed by atoms with Gasteiger partial charge in [-0.1, -0.05) is 30.3 Å². The molecule has 4 rings (SSSR count). The minimum absolute atomic E-state index is 0.0771. The smallest absolute Gasteiger partial charge is 0.222 e. The predicted molar refractivity (Wildman–Crippen MR) is 94.7 cm³/mol. The van der Waals surface area contributed by atoms with Gasteiger partial charge in [-0.15, -0.1) is 0 Å². The first kappa shape index (κ1) is 14.6. The van der Waals surface area contributed by atoms with Crippen LogP contribution in [0.25, 0.3) is 0 Å². The second-order valence-electron chi connectivity index (χ2n) is 5.55. The molecule has 0 bridgehead atoms. The summed E-state index contributed by atoms with van der Waals surface area (Å²) in [6, 6.07) is 15.1. The highest BCUT2D eigenvalue weighted by Crippen LogP contribution is 2.38. The second kappa shape index (κ2) is 5.92. The lowest BCUT2D eigenvalue weighted by molar-refractivity contribution is 0.416. The van der Waals surface area contributed by atoms with Gasteiger partial charge in [-0.2, -0.15) is 10.1 Å². The van der Waals surface area contributed by atoms with E-state index in [2.05, 4.69) is 62.3 Å². The van der Waals surface area contributed by atoms with Crippen molar-refractivity contribution in [3.8, 4) is 0 Å². The number of rotatable bonds is 2. The Bertz CT molecular complexity index is 831. The number of anilines is 1. The van der Waals surface area contributed by atoms with Crippen LogP contribution < -0.4 is 5.32 Å². The molecule has 23 heavy (non-hydrogen) atoms. The fourth-order valence-electron chi connectivity index (χ4n) is 3.04. The normalized spacial score (nSPS) is 19.9. The molecule has 0 aliphatic carbocycles. The Morgan fingerprint density at radius 3 is 2.70 bits per heavy atom. The zero-order valence-corrected chi connectivity index (χ0v) is 14.3. The highest BCUT2D eigenvalue weighted by atomic mass is 127. The number of fused-ring (bicyclic) bond motifs is 1. The van der Waals surface area contributed by atoms with Crippen molar-refractivity contribution >= 4 is 28.5 Å². The number of halogens is 2. The molecule has 2 unspecified atom stereocenters. The summed E-state index contributed by atoms with van der Waals surface area (Å²) in [5, 5.41) is 7.67. The summed E-state index contributed by atoms with van der Waals surface area (Å²) < 4.78 is 17.2. The third kappa shape index (κ3) is 2.71. The van der Waals surface area contributed by atoms with Gasteiger partial charge in [-0.3, -0.25) is 0 Å². The lowest BCUT2D eigenvalue weighted by atomic mass is 9.93. The number of hydrogen-bond donors (Lipinski definition) is 1. The van der Waals surface area contributed by atoms with E-state index in [1.165, 1.54) is 21.5 Å². The maximum atomic E-state index is 14.3. The first-order valence-corrected chi connectivity index (χ1v) is 8.46. The van der Waals surface area contributed by atoms with Crippen LogP contribution in [0.3, 0.4) is 0 Å². The summed E-state index contributed by atoms with van der Waals surface area (Å²) >= 11 is 2.29. The van der Waals surface area contributed by atoms with Crippen molar-refractivity contribution in [1.82, 2.24) is 14.8 Å². The molecule has 2 heterocycles. The van der Waals surface area contributed by atoms with E-state index >= 15 is 0 Å². The van der Waals surface area contributed by atoms with E-state index < -0.39 is 0 Å². The third-order valence-corrected chi connectivity index (χ3v) is 4.89. The van der Waals surface area contributed by atoms with Gasteiger partial charge in [0.05, 0.1) is 12.1 Å². The first-order valence-electron chi connectivity index (χ1n) is 7.38. The maximum Gasteiger partial charge on any atom is 0.222 e. The molecular formula is C17H14FIN4. The molecule has 0 saturated heterocycles. The van der Waals surface area contributed by atoms with Crippen molar-refractivity contribution in [1.29, 1.82) is 0 Å². The highest BCUT2D eigenvalue weighted by Gasteiger charge is 2.31. The fourth-order valence-corrected chi connectivity index (χ4v) is 3.40. The summed E-state index contributed by atoms with van der Waals surface area (Å²) in [6.07, 6.45) is 2.23. The minimum Gasteiger partial charge on any atom is -0.348 e. The third-order valence-electron chi connectivity index (χ3n) is 4.17. The molecule has 4 nitrogen and oxygen atoms in total. The zero-order valence-electron chi connectivity index (χ0n) is 12.2. The van der Waals surface area contributed by atoms with Crippen LogP contribution in [0.5, 0.6) is 0 Å². The van der Waals surface area contributed by atoms with E-state index in [0.29, 0.717) is 11.5 Å². The van der Waals surface area contributed by atoms with Crippen LogP contribution in [-0.4, -0.2) is 14.8 Å². The monoisotopic (exact) mass is 420 g/mol. The Hall–Kier alpha value is -1.96. The molecule has 0 amide bonds. The SMILES string of the molecule is Fc1ccccc1C1CC(c2ccc(I)cc2)Nc2ncnn21. The number of aromatic nitrogens is 3. The Morgan fingerprint density at radius 1 is 1.13 bits per heavy atom. The van der Waals surface area contributed by atoms with E-state index in [1.807, 2.05) is 12.1 Å². The predicted octanol–water partition coefficient (Wildman–Crippen LogP) is 4.17. The van der Waals surface area contributed by atoms with Gasteiger partial charge in [0.15, 0.2) is 0 Å². The Balaban J connectivity index is 1.75. The van der Waals surface area contributed by atoms with Gasteiger partial charge in [-0.25, -0.2) is 9.07 Å². The molecule has 1 aromatic heterocycles. The van der Waals surface area contributed by atoms with Crippen molar-refractivity contribution < 1.29 is 4.39 Å². The van der Waals surface area contributed by atoms with Crippen molar-refractivity contribution in [2.24, 2.45) is 0 Å². The molecule has 1 aliphatic rings. The number of nitrogens with one attached hydrogen (secondary N) is 1. The lowest BCUT2D eigenvalue weighted by Crippen LogP contribution is -2.28. The quantitative estimate of drug-likeness (QED) is 0.633. The molecule has 0 fully saturated rings. The largest absolute Gasteiger partial charge is 0.348 e. The molecule has 0 spiro atoms. The zero-order chi connectivity index (χ0) is 15.8. The van der Waals surface area contributed by atoms with Crippen LogP contribution in [-0.2, 0) is 0 Å². The first-order chi connectivity index (χ1) is 11.2. The van der Waals surface area contributed by atoms with E-state index in [-0.39, 0.29) is 17.9 Å². The number of nitrogens with zero attached hydrogens (tertiary/aromatic N) is 3. The van der Waals surface area contributed by atoms with Gasteiger partial charge in [0.1, 0.15) is 12.1 Å². The summed E-state index contributed by atoms with van der Waals surface area (Å²) in [7, 11) is 0. The molecule has 116 valence electrons. The van der Waals surface area contributed by atoms with Gasteiger partial charge in [0, 0.05) is 9.13 Å². The van der Waals surface area contributed by atoms with Crippen LogP contribution in [0.4, 0.5) is 10.3 Å². The van der Waals surface area contributed by atoms with Gasteiger partial charge in [0.2, 0.25) is 5.95 Å². The lowest BCUT2D eigenvalue weighted by Gasteiger charge is -2.32. The molecule has 6 heteroatoms. The highest BCUT2D eigenvalue weighted by molar-refractivity contribution is 14.1. The van der Waals surface area contributed by atoms with Crippen LogP contribution in [0.15, 0.2) is 54.9 Å². The maximum absolute atomic E-state index is 14.3. The Kier molecular flexibility index (Phi) is 3.76.